The first kappa shape index (κ1) is 19.1. The molecule has 11 heteroatoms. The molecule has 0 aromatic heterocycles. The van der Waals surface area contributed by atoms with Gasteiger partial charge in [0, 0.05) is 12.1 Å². The van der Waals surface area contributed by atoms with Gasteiger partial charge in [-0.15, -0.1) is 11.6 Å². The third-order valence-corrected chi connectivity index (χ3v) is 7.11. The summed E-state index contributed by atoms with van der Waals surface area (Å²) in [5.41, 5.74) is -0.429. The Morgan fingerprint density at radius 1 is 1.16 bits per heavy atom. The number of aliphatic carboxylic acids is 2. The third-order valence-electron chi connectivity index (χ3n) is 4.24. The van der Waals surface area contributed by atoms with E-state index in [2.05, 4.69) is 0 Å². The Hall–Kier alpha value is -2.20. The predicted octanol–water partition coefficient (Wildman–Crippen LogP) is 1.54. The summed E-state index contributed by atoms with van der Waals surface area (Å²) in [5.74, 6) is -5.48. The van der Waals surface area contributed by atoms with E-state index in [9.17, 15) is 33.2 Å². The number of nitrogens with zero attached hydrogens (tertiary/aromatic N) is 1. The molecule has 9 nitrogen and oxygen atoms in total. The van der Waals surface area contributed by atoms with Crippen molar-refractivity contribution >= 4 is 39.1 Å². The maximum atomic E-state index is 12.8. The van der Waals surface area contributed by atoms with Crippen LogP contribution in [0.25, 0.3) is 0 Å². The van der Waals surface area contributed by atoms with E-state index in [0.717, 1.165) is 18.2 Å². The number of carbonyl (C=O) groups is 2. The lowest BCUT2D eigenvalue weighted by atomic mass is 9.79. The van der Waals surface area contributed by atoms with Crippen molar-refractivity contribution in [3.05, 3.63) is 34.4 Å². The predicted molar refractivity (Wildman–Crippen MR) is 85.2 cm³/mol. The topological polar surface area (TPSA) is 152 Å². The van der Waals surface area contributed by atoms with Gasteiger partial charge >= 0.3 is 11.9 Å². The fourth-order valence-electron chi connectivity index (χ4n) is 2.94. The molecule has 4 atom stereocenters. The highest BCUT2D eigenvalue weighted by Gasteiger charge is 2.48. The van der Waals surface area contributed by atoms with Crippen molar-refractivity contribution in [2.24, 2.45) is 11.8 Å². The number of carboxylic acids is 2. The number of non-ortho nitro benzene ring substituents is 1. The molecular formula is C14H14ClNO8S. The van der Waals surface area contributed by atoms with Crippen molar-refractivity contribution in [1.82, 2.24) is 0 Å². The van der Waals surface area contributed by atoms with Gasteiger partial charge in [0.1, 0.15) is 0 Å². The second-order valence-corrected chi connectivity index (χ2v) is 8.44. The summed E-state index contributed by atoms with van der Waals surface area (Å²) in [5, 5.41) is 26.7. The van der Waals surface area contributed by atoms with E-state index in [1.54, 1.807) is 0 Å². The Kier molecular flexibility index (Phi) is 5.33. The van der Waals surface area contributed by atoms with Crippen molar-refractivity contribution in [1.29, 1.82) is 0 Å². The molecule has 0 amide bonds. The summed E-state index contributed by atoms with van der Waals surface area (Å²) in [6.07, 6.45) is -0.807. The average Bonchev–Trinajstić information content (AvgIpc) is 2.54. The van der Waals surface area contributed by atoms with E-state index in [4.69, 9.17) is 16.7 Å². The lowest BCUT2D eigenvalue weighted by molar-refractivity contribution is -0.385. The minimum Gasteiger partial charge on any atom is -0.481 e. The molecule has 0 heterocycles. The molecule has 1 aliphatic carbocycles. The number of halogens is 1. The number of sulfone groups is 1. The first-order valence-electron chi connectivity index (χ1n) is 7.13. The molecule has 1 fully saturated rings. The highest BCUT2D eigenvalue weighted by molar-refractivity contribution is 7.92. The highest BCUT2D eigenvalue weighted by Crippen LogP contribution is 2.39. The van der Waals surface area contributed by atoms with E-state index < -0.39 is 61.3 Å². The first-order valence-corrected chi connectivity index (χ1v) is 9.12. The van der Waals surface area contributed by atoms with Crippen molar-refractivity contribution in [3.63, 3.8) is 0 Å². The molecular weight excluding hydrogens is 378 g/mol. The monoisotopic (exact) mass is 391 g/mol. The Balaban J connectivity index is 2.42. The van der Waals surface area contributed by atoms with Crippen LogP contribution in [0, 0.1) is 22.0 Å². The molecule has 1 aliphatic rings. The average molecular weight is 392 g/mol. The summed E-state index contributed by atoms with van der Waals surface area (Å²) in [6.45, 7) is 0. The van der Waals surface area contributed by atoms with Crippen molar-refractivity contribution in [2.45, 2.75) is 28.4 Å². The Morgan fingerprint density at radius 3 is 2.24 bits per heavy atom. The van der Waals surface area contributed by atoms with Gasteiger partial charge in [-0.3, -0.25) is 19.7 Å². The maximum Gasteiger partial charge on any atom is 0.307 e. The van der Waals surface area contributed by atoms with Crippen LogP contribution in [-0.2, 0) is 19.4 Å². The quantitative estimate of drug-likeness (QED) is 0.435. The Morgan fingerprint density at radius 2 is 1.72 bits per heavy atom. The van der Waals surface area contributed by atoms with E-state index in [1.165, 1.54) is 6.07 Å². The number of nitro benzene ring substituents is 1. The van der Waals surface area contributed by atoms with E-state index in [0.29, 0.717) is 0 Å². The van der Waals surface area contributed by atoms with Gasteiger partial charge < -0.3 is 10.2 Å². The number of carboxylic acid groups (broad SMARTS) is 2. The van der Waals surface area contributed by atoms with Crippen LogP contribution in [0.3, 0.4) is 0 Å². The summed E-state index contributed by atoms with van der Waals surface area (Å²) in [4.78, 5) is 32.3. The number of benzene rings is 1. The molecule has 0 unspecified atom stereocenters. The van der Waals surface area contributed by atoms with E-state index >= 15 is 0 Å². The standard InChI is InChI=1S/C14H14ClNO8S/c15-11-5-9(13(17)18)10(14(19)20)6-12(11)25(23,24)8-3-1-2-7(4-8)16(21)22/h1-4,9-12H,5-6H2,(H,17,18)(H,19,20)/t9-,10-,11+,12+/m1/s1. The fraction of sp³-hybridized carbons (Fsp3) is 0.429. The van der Waals surface area contributed by atoms with Crippen LogP contribution < -0.4 is 0 Å². The number of hydrogen-bond acceptors (Lipinski definition) is 6. The van der Waals surface area contributed by atoms with Gasteiger partial charge in [0.05, 0.1) is 32.3 Å². The highest BCUT2D eigenvalue weighted by atomic mass is 35.5. The van der Waals surface area contributed by atoms with Crippen LogP contribution in [0.15, 0.2) is 29.2 Å². The van der Waals surface area contributed by atoms with Crippen LogP contribution >= 0.6 is 11.6 Å². The molecule has 25 heavy (non-hydrogen) atoms. The fourth-order valence-corrected chi connectivity index (χ4v) is 5.50. The molecule has 1 saturated carbocycles. The molecule has 0 radical (unpaired) electrons. The lowest BCUT2D eigenvalue weighted by Gasteiger charge is -2.34. The summed E-state index contributed by atoms with van der Waals surface area (Å²) < 4.78 is 25.5. The first-order chi connectivity index (χ1) is 11.6. The number of nitro groups is 1. The number of rotatable bonds is 5. The number of hydrogen-bond donors (Lipinski definition) is 2. The zero-order chi connectivity index (χ0) is 18.9. The zero-order valence-corrected chi connectivity index (χ0v) is 14.2. The van der Waals surface area contributed by atoms with Crippen LogP contribution in [-0.4, -0.2) is 46.1 Å². The van der Waals surface area contributed by atoms with Gasteiger partial charge in [0.25, 0.3) is 5.69 Å². The van der Waals surface area contributed by atoms with Gasteiger partial charge in [0.2, 0.25) is 0 Å². The van der Waals surface area contributed by atoms with Crippen LogP contribution in [0.4, 0.5) is 5.69 Å². The minimum absolute atomic E-state index is 0.327. The molecule has 2 rings (SSSR count). The number of alkyl halides is 1. The van der Waals surface area contributed by atoms with Crippen molar-refractivity contribution < 1.29 is 33.1 Å². The molecule has 0 saturated heterocycles. The molecule has 1 aromatic carbocycles. The smallest absolute Gasteiger partial charge is 0.307 e. The van der Waals surface area contributed by atoms with E-state index in [-0.39, 0.29) is 11.3 Å². The van der Waals surface area contributed by atoms with Gasteiger partial charge in [-0.2, -0.15) is 0 Å². The molecule has 0 bridgehead atoms. The lowest BCUT2D eigenvalue weighted by Crippen LogP contribution is -2.46. The maximum absolute atomic E-state index is 12.8. The third kappa shape index (κ3) is 3.74. The van der Waals surface area contributed by atoms with Gasteiger partial charge in [-0.1, -0.05) is 6.07 Å². The largest absolute Gasteiger partial charge is 0.481 e. The van der Waals surface area contributed by atoms with Crippen LogP contribution in [0.2, 0.25) is 0 Å². The molecule has 0 aliphatic heterocycles. The molecule has 136 valence electrons. The minimum atomic E-state index is -4.18. The Labute approximate surface area is 147 Å². The van der Waals surface area contributed by atoms with E-state index in [1.807, 2.05) is 0 Å². The molecule has 2 N–H and O–H groups in total. The summed E-state index contributed by atoms with van der Waals surface area (Å²) in [7, 11) is -4.18. The second-order valence-electron chi connectivity index (χ2n) is 5.71. The second kappa shape index (κ2) is 6.96. The van der Waals surface area contributed by atoms with Gasteiger partial charge in [-0.05, 0) is 18.9 Å². The SMILES string of the molecule is O=C(O)[C@@H]1C[C@H](Cl)[C@@H](S(=O)(=O)c2cccc([N+](=O)[O-])c2)C[C@H]1C(=O)O. The van der Waals surface area contributed by atoms with Gasteiger partial charge in [-0.25, -0.2) is 8.42 Å². The van der Waals surface area contributed by atoms with Crippen molar-refractivity contribution in [3.8, 4) is 0 Å². The summed E-state index contributed by atoms with van der Waals surface area (Å²) >= 11 is 6.06. The normalized spacial score (nSPS) is 26.8. The summed E-state index contributed by atoms with van der Waals surface area (Å²) in [6, 6.07) is 4.35. The molecule has 0 spiro atoms. The van der Waals surface area contributed by atoms with Gasteiger partial charge in [0.15, 0.2) is 9.84 Å². The van der Waals surface area contributed by atoms with Crippen LogP contribution in [0.1, 0.15) is 12.8 Å². The van der Waals surface area contributed by atoms with Crippen LogP contribution in [0.5, 0.6) is 0 Å². The Bertz CT molecular complexity index is 824. The van der Waals surface area contributed by atoms with Crippen molar-refractivity contribution in [2.75, 3.05) is 0 Å². The zero-order valence-electron chi connectivity index (χ0n) is 12.6. The molecule has 1 aromatic rings.